The molecule has 0 atom stereocenters. The van der Waals surface area contributed by atoms with E-state index in [2.05, 4.69) is 20.9 Å². The third kappa shape index (κ3) is 1.75. The molecule has 0 amide bonds. The van der Waals surface area contributed by atoms with Gasteiger partial charge in [0.1, 0.15) is 11.6 Å². The number of nitrogens with one attached hydrogen (secondary N) is 1. The van der Waals surface area contributed by atoms with E-state index in [-0.39, 0.29) is 11.0 Å². The molecule has 0 radical (unpaired) electrons. The summed E-state index contributed by atoms with van der Waals surface area (Å²) in [5.41, 5.74) is 0.705. The van der Waals surface area contributed by atoms with Gasteiger partial charge in [-0.3, -0.25) is 4.79 Å². The molecule has 1 heterocycles. The van der Waals surface area contributed by atoms with E-state index in [0.29, 0.717) is 10.4 Å². The summed E-state index contributed by atoms with van der Waals surface area (Å²) >= 11 is 4.67. The number of H-pyrrole nitrogens is 1. The molecule has 1 N–H and O–H groups in total. The first kappa shape index (κ1) is 11.2. The maximum atomic E-state index is 12.0. The lowest BCUT2D eigenvalue weighted by Gasteiger charge is -2.04. The predicted molar refractivity (Wildman–Crippen MR) is 68.8 cm³/mol. The van der Waals surface area contributed by atoms with Crippen molar-refractivity contribution in [2.45, 2.75) is 5.03 Å². The summed E-state index contributed by atoms with van der Waals surface area (Å²) in [4.78, 5) is 15.1. The van der Waals surface area contributed by atoms with Crippen LogP contribution in [0.3, 0.4) is 0 Å². The van der Waals surface area contributed by atoms with Crippen molar-refractivity contribution >= 4 is 38.6 Å². The van der Waals surface area contributed by atoms with Crippen molar-refractivity contribution < 1.29 is 0 Å². The van der Waals surface area contributed by atoms with Crippen LogP contribution >= 0.6 is 27.7 Å². The minimum absolute atomic E-state index is 0.179. The zero-order chi connectivity index (χ0) is 11.7. The van der Waals surface area contributed by atoms with Gasteiger partial charge < -0.3 is 4.98 Å². The van der Waals surface area contributed by atoms with Gasteiger partial charge in [0.15, 0.2) is 0 Å². The molecule has 1 aromatic heterocycles. The molecule has 0 aliphatic heterocycles. The van der Waals surface area contributed by atoms with Crippen LogP contribution in [0, 0.1) is 11.3 Å². The summed E-state index contributed by atoms with van der Waals surface area (Å²) in [6, 6.07) is 7.34. The van der Waals surface area contributed by atoms with Crippen LogP contribution < -0.4 is 5.43 Å². The molecule has 0 saturated heterocycles. The third-order valence-corrected chi connectivity index (χ3v) is 3.45. The summed E-state index contributed by atoms with van der Waals surface area (Å²) in [5, 5.41) is 10.1. The lowest BCUT2D eigenvalue weighted by molar-refractivity contribution is 1.15. The molecule has 2 rings (SSSR count). The van der Waals surface area contributed by atoms with E-state index in [1.54, 1.807) is 6.07 Å². The van der Waals surface area contributed by atoms with Crippen LogP contribution in [-0.2, 0) is 0 Å². The quantitative estimate of drug-likeness (QED) is 0.823. The highest BCUT2D eigenvalue weighted by Gasteiger charge is 2.10. The molecule has 80 valence electrons. The summed E-state index contributed by atoms with van der Waals surface area (Å²) in [5.74, 6) is 0. The molecule has 0 fully saturated rings. The minimum Gasteiger partial charge on any atom is -0.348 e. The van der Waals surface area contributed by atoms with Crippen molar-refractivity contribution in [3.63, 3.8) is 0 Å². The molecule has 16 heavy (non-hydrogen) atoms. The highest BCUT2D eigenvalue weighted by molar-refractivity contribution is 9.10. The zero-order valence-corrected chi connectivity index (χ0v) is 10.8. The summed E-state index contributed by atoms with van der Waals surface area (Å²) in [6.45, 7) is 0. The molecule has 5 heteroatoms. The largest absolute Gasteiger partial charge is 0.348 e. The number of nitrogens with zero attached hydrogens (tertiary/aromatic N) is 1. The third-order valence-electron chi connectivity index (χ3n) is 2.24. The van der Waals surface area contributed by atoms with Crippen LogP contribution in [0.25, 0.3) is 10.9 Å². The van der Waals surface area contributed by atoms with Gasteiger partial charge in [-0.15, -0.1) is 11.8 Å². The lowest BCUT2D eigenvalue weighted by atomic mass is 10.1. The molecule has 0 saturated carbocycles. The highest BCUT2D eigenvalue weighted by atomic mass is 79.9. The van der Waals surface area contributed by atoms with E-state index >= 15 is 0 Å². The number of rotatable bonds is 1. The fourth-order valence-electron chi connectivity index (χ4n) is 1.49. The van der Waals surface area contributed by atoms with Gasteiger partial charge in [0.05, 0.1) is 10.5 Å². The molecule has 3 nitrogen and oxygen atoms in total. The number of hydrogen-bond donors (Lipinski definition) is 1. The van der Waals surface area contributed by atoms with E-state index in [0.717, 1.165) is 9.99 Å². The average molecular weight is 295 g/mol. The molecular weight excluding hydrogens is 288 g/mol. The lowest BCUT2D eigenvalue weighted by Crippen LogP contribution is -2.09. The van der Waals surface area contributed by atoms with E-state index in [1.165, 1.54) is 11.8 Å². The number of pyridine rings is 1. The molecule has 2 aromatic rings. The number of thioether (sulfide) groups is 1. The van der Waals surface area contributed by atoms with Crippen molar-refractivity contribution in [2.24, 2.45) is 0 Å². The fraction of sp³-hybridized carbons (Fsp3) is 0.0909. The van der Waals surface area contributed by atoms with Gasteiger partial charge in [-0.05, 0) is 24.5 Å². The SMILES string of the molecule is CSc1[nH]c2ccc(Br)cc2c(=O)c1C#N. The Labute approximate surface area is 105 Å². The molecule has 0 bridgehead atoms. The van der Waals surface area contributed by atoms with Gasteiger partial charge in [-0.1, -0.05) is 15.9 Å². The first-order valence-corrected chi connectivity index (χ1v) is 6.48. The summed E-state index contributed by atoms with van der Waals surface area (Å²) in [7, 11) is 0. The van der Waals surface area contributed by atoms with Gasteiger partial charge >= 0.3 is 0 Å². The van der Waals surface area contributed by atoms with Crippen LogP contribution in [0.5, 0.6) is 0 Å². The second-order valence-electron chi connectivity index (χ2n) is 3.16. The summed E-state index contributed by atoms with van der Waals surface area (Å²) < 4.78 is 0.825. The van der Waals surface area contributed by atoms with Gasteiger partial charge in [-0.2, -0.15) is 5.26 Å². The maximum Gasteiger partial charge on any atom is 0.208 e. The maximum absolute atomic E-state index is 12.0. The molecule has 0 aliphatic carbocycles. The van der Waals surface area contributed by atoms with Gasteiger partial charge in [0.2, 0.25) is 5.43 Å². The second kappa shape index (κ2) is 4.32. The van der Waals surface area contributed by atoms with Crippen molar-refractivity contribution in [1.29, 1.82) is 5.26 Å². The Morgan fingerprint density at radius 2 is 2.25 bits per heavy atom. The van der Waals surface area contributed by atoms with Crippen molar-refractivity contribution in [3.05, 3.63) is 38.5 Å². The van der Waals surface area contributed by atoms with Crippen molar-refractivity contribution in [2.75, 3.05) is 6.26 Å². The molecule has 1 aromatic carbocycles. The predicted octanol–water partition coefficient (Wildman–Crippen LogP) is 2.88. The normalized spacial score (nSPS) is 10.3. The Morgan fingerprint density at radius 3 is 2.88 bits per heavy atom. The first-order valence-electron chi connectivity index (χ1n) is 4.47. The number of aromatic nitrogens is 1. The Morgan fingerprint density at radius 1 is 1.50 bits per heavy atom. The van der Waals surface area contributed by atoms with E-state index in [1.807, 2.05) is 24.5 Å². The standard InChI is InChI=1S/C11H7BrN2OS/c1-16-11-8(5-13)10(15)7-4-6(12)2-3-9(7)14-11/h2-4H,1H3,(H,14,15). The van der Waals surface area contributed by atoms with Crippen molar-refractivity contribution in [3.8, 4) is 6.07 Å². The number of aromatic amines is 1. The number of hydrogen-bond acceptors (Lipinski definition) is 3. The minimum atomic E-state index is -0.220. The molecular formula is C11H7BrN2OS. The van der Waals surface area contributed by atoms with Gasteiger partial charge in [0.25, 0.3) is 0 Å². The van der Waals surface area contributed by atoms with Crippen LogP contribution in [0.4, 0.5) is 0 Å². The molecule has 0 aliphatic rings. The topological polar surface area (TPSA) is 56.6 Å². The molecule has 0 unspecified atom stereocenters. The van der Waals surface area contributed by atoms with E-state index in [9.17, 15) is 4.79 Å². The van der Waals surface area contributed by atoms with Crippen LogP contribution in [-0.4, -0.2) is 11.2 Å². The smallest absolute Gasteiger partial charge is 0.208 e. The Hall–Kier alpha value is -1.25. The fourth-order valence-corrected chi connectivity index (χ4v) is 2.41. The average Bonchev–Trinajstić information content (AvgIpc) is 2.29. The van der Waals surface area contributed by atoms with Crippen LogP contribution in [0.1, 0.15) is 5.56 Å². The van der Waals surface area contributed by atoms with Crippen LogP contribution in [0.2, 0.25) is 0 Å². The summed E-state index contributed by atoms with van der Waals surface area (Å²) in [6.07, 6.45) is 1.83. The number of benzene rings is 1. The zero-order valence-electron chi connectivity index (χ0n) is 8.37. The van der Waals surface area contributed by atoms with E-state index in [4.69, 9.17) is 5.26 Å². The number of nitriles is 1. The first-order chi connectivity index (χ1) is 7.67. The molecule has 0 spiro atoms. The van der Waals surface area contributed by atoms with Gasteiger partial charge in [-0.25, -0.2) is 0 Å². The van der Waals surface area contributed by atoms with Crippen molar-refractivity contribution in [1.82, 2.24) is 4.98 Å². The monoisotopic (exact) mass is 294 g/mol. The van der Waals surface area contributed by atoms with E-state index < -0.39 is 0 Å². The Bertz CT molecular complexity index is 657. The van der Waals surface area contributed by atoms with Crippen LogP contribution in [0.15, 0.2) is 32.5 Å². The second-order valence-corrected chi connectivity index (χ2v) is 4.90. The number of fused-ring (bicyclic) bond motifs is 1. The number of halogens is 1. The Balaban J connectivity index is 2.95. The highest BCUT2D eigenvalue weighted by Crippen LogP contribution is 2.21. The van der Waals surface area contributed by atoms with Gasteiger partial charge in [0, 0.05) is 9.86 Å². The Kier molecular flexibility index (Phi) is 3.03.